The third-order valence-corrected chi connectivity index (χ3v) is 4.76. The number of esters is 1. The van der Waals surface area contributed by atoms with Crippen molar-refractivity contribution in [1.29, 1.82) is 0 Å². The van der Waals surface area contributed by atoms with Gasteiger partial charge < -0.3 is 9.26 Å². The average Bonchev–Trinajstić information content (AvgIpc) is 2.93. The number of aromatic nitrogens is 2. The minimum absolute atomic E-state index is 0.111. The van der Waals surface area contributed by atoms with Gasteiger partial charge in [0.05, 0.1) is 20.3 Å². The topological polar surface area (TPSA) is 96.8 Å². The predicted octanol–water partition coefficient (Wildman–Crippen LogP) is 3.04. The smallest absolute Gasteiger partial charge is 0.464 e. The minimum Gasteiger partial charge on any atom is -0.464 e. The summed E-state index contributed by atoms with van der Waals surface area (Å²) in [4.78, 5) is 20.6. The summed E-state index contributed by atoms with van der Waals surface area (Å²) in [5.41, 5.74) is 0.327. The molecule has 0 unspecified atom stereocenters. The Bertz CT molecular complexity index is 709. The summed E-state index contributed by atoms with van der Waals surface area (Å²) >= 11 is 1.31. The molecule has 2 aromatic rings. The number of carbonyl (C=O) groups excluding carboxylic acids is 1. The van der Waals surface area contributed by atoms with E-state index in [1.807, 2.05) is 0 Å². The van der Waals surface area contributed by atoms with Crippen molar-refractivity contribution < 1.29 is 27.7 Å². The van der Waals surface area contributed by atoms with E-state index in [2.05, 4.69) is 14.7 Å². The fraction of sp³-hybridized carbons (Fsp3) is 0.417. The molecule has 0 saturated carbocycles. The van der Waals surface area contributed by atoms with Crippen LogP contribution < -0.4 is 4.52 Å². The van der Waals surface area contributed by atoms with Gasteiger partial charge in [-0.05, 0) is 25.3 Å². The van der Waals surface area contributed by atoms with Crippen molar-refractivity contribution in [3.63, 3.8) is 0 Å². The van der Waals surface area contributed by atoms with Crippen LogP contribution in [-0.2, 0) is 18.3 Å². The summed E-state index contributed by atoms with van der Waals surface area (Å²) in [6, 6.07) is 1.70. The van der Waals surface area contributed by atoms with Gasteiger partial charge >= 0.3 is 13.8 Å². The lowest BCUT2D eigenvalue weighted by molar-refractivity contribution is 0.0590. The lowest BCUT2D eigenvalue weighted by atomic mass is 10.4. The van der Waals surface area contributed by atoms with E-state index in [0.717, 1.165) is 0 Å². The number of hydrogen-bond acceptors (Lipinski definition) is 9. The minimum atomic E-state index is -3.88. The highest BCUT2D eigenvalue weighted by molar-refractivity contribution is 7.48. The number of ether oxygens (including phenoxy) is 1. The lowest BCUT2D eigenvalue weighted by Gasteiger charge is -2.17. The first-order valence-electron chi connectivity index (χ1n) is 6.45. The fourth-order valence-electron chi connectivity index (χ4n) is 1.58. The number of methoxy groups -OCH3 is 1. The van der Waals surface area contributed by atoms with Crippen LogP contribution in [0.15, 0.2) is 11.4 Å². The normalized spacial score (nSPS) is 11.6. The number of thiophene rings is 1. The Morgan fingerprint density at radius 2 is 1.95 bits per heavy atom. The standard InChI is InChI=1S/C12H15N2O6PS/c1-4-18-21(16,19-5-2)20-10-9(12(15)17-3)13-8-6-7-22-11(8)14-10/h6-7H,4-5H2,1-3H3. The predicted molar refractivity (Wildman–Crippen MR) is 80.2 cm³/mol. The Morgan fingerprint density at radius 1 is 1.27 bits per heavy atom. The number of fused-ring (bicyclic) bond motifs is 1. The van der Waals surface area contributed by atoms with E-state index in [1.165, 1.54) is 18.4 Å². The maximum atomic E-state index is 12.4. The Balaban J connectivity index is 2.47. The number of carbonyl (C=O) groups is 1. The molecule has 10 heteroatoms. The summed E-state index contributed by atoms with van der Waals surface area (Å²) in [7, 11) is -2.68. The van der Waals surface area contributed by atoms with Gasteiger partial charge in [-0.2, -0.15) is 4.98 Å². The molecule has 22 heavy (non-hydrogen) atoms. The van der Waals surface area contributed by atoms with E-state index >= 15 is 0 Å². The highest BCUT2D eigenvalue weighted by Crippen LogP contribution is 2.49. The van der Waals surface area contributed by atoms with Crippen LogP contribution >= 0.6 is 19.2 Å². The van der Waals surface area contributed by atoms with Crippen molar-refractivity contribution in [2.75, 3.05) is 20.3 Å². The number of rotatable bonds is 7. The molecule has 2 rings (SSSR count). The molecule has 0 amide bonds. The van der Waals surface area contributed by atoms with Crippen molar-refractivity contribution in [3.8, 4) is 5.88 Å². The second-order valence-corrected chi connectivity index (χ2v) is 6.34. The van der Waals surface area contributed by atoms with Crippen LogP contribution in [0, 0.1) is 0 Å². The van der Waals surface area contributed by atoms with Gasteiger partial charge in [-0.1, -0.05) is 0 Å². The van der Waals surface area contributed by atoms with E-state index in [9.17, 15) is 9.36 Å². The van der Waals surface area contributed by atoms with Crippen LogP contribution in [0.1, 0.15) is 24.3 Å². The van der Waals surface area contributed by atoms with Gasteiger partial charge in [-0.25, -0.2) is 14.3 Å². The van der Waals surface area contributed by atoms with Crippen molar-refractivity contribution in [2.24, 2.45) is 0 Å². The van der Waals surface area contributed by atoms with E-state index in [4.69, 9.17) is 13.6 Å². The molecule has 0 aliphatic heterocycles. The molecule has 0 aromatic carbocycles. The van der Waals surface area contributed by atoms with Gasteiger partial charge in [-0.15, -0.1) is 11.3 Å². The molecule has 0 aliphatic rings. The molecule has 0 saturated heterocycles. The van der Waals surface area contributed by atoms with Gasteiger partial charge in [0.15, 0.2) is 0 Å². The van der Waals surface area contributed by atoms with Crippen molar-refractivity contribution in [1.82, 2.24) is 9.97 Å². The molecule has 0 fully saturated rings. The molecule has 0 bridgehead atoms. The van der Waals surface area contributed by atoms with Crippen LogP contribution in [0.3, 0.4) is 0 Å². The summed E-state index contributed by atoms with van der Waals surface area (Å²) in [5.74, 6) is -0.998. The zero-order valence-electron chi connectivity index (χ0n) is 12.3. The SMILES string of the molecule is CCOP(=O)(OCC)Oc1nc2sccc2nc1C(=O)OC. The van der Waals surface area contributed by atoms with Crippen LogP contribution in [0.5, 0.6) is 5.88 Å². The van der Waals surface area contributed by atoms with Crippen LogP contribution in [0.4, 0.5) is 0 Å². The van der Waals surface area contributed by atoms with E-state index in [1.54, 1.807) is 25.3 Å². The van der Waals surface area contributed by atoms with E-state index < -0.39 is 13.8 Å². The maximum absolute atomic E-state index is 12.4. The number of hydrogen-bond donors (Lipinski definition) is 0. The molecule has 0 N–H and O–H groups in total. The van der Waals surface area contributed by atoms with Gasteiger partial charge in [0.2, 0.25) is 5.69 Å². The molecule has 2 heterocycles. The molecule has 8 nitrogen and oxygen atoms in total. The summed E-state index contributed by atoms with van der Waals surface area (Å²) in [6.45, 7) is 3.51. The van der Waals surface area contributed by atoms with Crippen molar-refractivity contribution >= 4 is 35.5 Å². The Morgan fingerprint density at radius 3 is 2.55 bits per heavy atom. The molecule has 0 radical (unpaired) electrons. The Hall–Kier alpha value is -1.54. The van der Waals surface area contributed by atoms with Crippen molar-refractivity contribution in [3.05, 3.63) is 17.1 Å². The number of nitrogens with zero attached hydrogens (tertiary/aromatic N) is 2. The maximum Gasteiger partial charge on any atom is 0.531 e. The molecular weight excluding hydrogens is 331 g/mol. The zero-order chi connectivity index (χ0) is 16.2. The summed E-state index contributed by atoms with van der Waals surface area (Å²) < 4.78 is 32.4. The fourth-order valence-corrected chi connectivity index (χ4v) is 3.43. The van der Waals surface area contributed by atoms with Gasteiger partial charge in [0.25, 0.3) is 5.88 Å². The van der Waals surface area contributed by atoms with Gasteiger partial charge in [0, 0.05) is 0 Å². The van der Waals surface area contributed by atoms with Crippen LogP contribution in [-0.4, -0.2) is 36.3 Å². The number of phosphoric acid groups is 1. The molecular formula is C12H15N2O6PS. The van der Waals surface area contributed by atoms with Crippen LogP contribution in [0.2, 0.25) is 0 Å². The van der Waals surface area contributed by atoms with Crippen LogP contribution in [0.25, 0.3) is 10.3 Å². The first-order valence-corrected chi connectivity index (χ1v) is 8.79. The second-order valence-electron chi connectivity index (χ2n) is 3.85. The third-order valence-electron chi connectivity index (χ3n) is 2.41. The van der Waals surface area contributed by atoms with E-state index in [0.29, 0.717) is 10.3 Å². The largest absolute Gasteiger partial charge is 0.531 e. The molecule has 0 atom stereocenters. The zero-order valence-corrected chi connectivity index (χ0v) is 14.0. The second kappa shape index (κ2) is 7.15. The highest BCUT2D eigenvalue weighted by atomic mass is 32.1. The Labute approximate surface area is 131 Å². The molecule has 120 valence electrons. The quantitative estimate of drug-likeness (QED) is 0.557. The monoisotopic (exact) mass is 346 g/mol. The van der Waals surface area contributed by atoms with Gasteiger partial charge in [0.1, 0.15) is 10.3 Å². The first-order chi connectivity index (χ1) is 10.5. The van der Waals surface area contributed by atoms with E-state index in [-0.39, 0.29) is 24.8 Å². The number of phosphoric ester groups is 1. The van der Waals surface area contributed by atoms with Gasteiger partial charge in [-0.3, -0.25) is 9.05 Å². The average molecular weight is 346 g/mol. The summed E-state index contributed by atoms with van der Waals surface area (Å²) in [5, 5.41) is 1.76. The summed E-state index contributed by atoms with van der Waals surface area (Å²) in [6.07, 6.45) is 0. The molecule has 0 aliphatic carbocycles. The molecule has 0 spiro atoms. The first kappa shape index (κ1) is 16.8. The lowest BCUT2D eigenvalue weighted by Crippen LogP contribution is -2.11. The van der Waals surface area contributed by atoms with Crippen molar-refractivity contribution in [2.45, 2.75) is 13.8 Å². The third kappa shape index (κ3) is 3.61. The molecule has 2 aromatic heterocycles. The highest BCUT2D eigenvalue weighted by Gasteiger charge is 2.32. The Kier molecular flexibility index (Phi) is 5.47.